The first kappa shape index (κ1) is 14.7. The molecule has 0 radical (unpaired) electrons. The minimum atomic E-state index is -0.386. The summed E-state index contributed by atoms with van der Waals surface area (Å²) in [5.74, 6) is -0.124. The summed E-state index contributed by atoms with van der Waals surface area (Å²) in [6.45, 7) is 1.83. The zero-order chi connectivity index (χ0) is 15.1. The lowest BCUT2D eigenvalue weighted by Gasteiger charge is -2.04. The number of halogens is 1. The number of nitrogens with zero attached hydrogens (tertiary/aromatic N) is 1. The van der Waals surface area contributed by atoms with Crippen LogP contribution in [0.15, 0.2) is 53.6 Å². The summed E-state index contributed by atoms with van der Waals surface area (Å²) in [5, 5.41) is 3.74. The molecule has 0 atom stereocenters. The Hall–Kier alpha value is -2.69. The van der Waals surface area contributed by atoms with E-state index < -0.39 is 0 Å². The van der Waals surface area contributed by atoms with Gasteiger partial charge >= 0.3 is 0 Å². The second kappa shape index (κ2) is 7.19. The summed E-state index contributed by atoms with van der Waals surface area (Å²) in [5.41, 5.74) is 4.00. The van der Waals surface area contributed by atoms with Gasteiger partial charge in [0, 0.05) is 0 Å². The number of hydrogen-bond acceptors (Lipinski definition) is 3. The van der Waals surface area contributed by atoms with Crippen LogP contribution in [0.5, 0.6) is 5.75 Å². The highest BCUT2D eigenvalue weighted by Crippen LogP contribution is 2.10. The molecule has 2 aromatic carbocycles. The van der Waals surface area contributed by atoms with Crippen LogP contribution in [0.2, 0.25) is 0 Å². The molecule has 2 aromatic rings. The monoisotopic (exact) mass is 286 g/mol. The summed E-state index contributed by atoms with van der Waals surface area (Å²) < 4.78 is 18.2. The van der Waals surface area contributed by atoms with Gasteiger partial charge in [0.25, 0.3) is 5.91 Å². The van der Waals surface area contributed by atoms with Gasteiger partial charge in [-0.05, 0) is 36.8 Å². The first-order valence-corrected chi connectivity index (χ1v) is 6.40. The molecule has 21 heavy (non-hydrogen) atoms. The Kier molecular flexibility index (Phi) is 5.04. The Morgan fingerprint density at radius 1 is 1.29 bits per heavy atom. The van der Waals surface area contributed by atoms with Crippen molar-refractivity contribution in [3.8, 4) is 5.75 Å². The molecule has 0 bridgehead atoms. The zero-order valence-corrected chi connectivity index (χ0v) is 11.5. The van der Waals surface area contributed by atoms with Crippen molar-refractivity contribution < 1.29 is 13.9 Å². The van der Waals surface area contributed by atoms with E-state index in [4.69, 9.17) is 4.74 Å². The number of nitrogens with one attached hydrogen (secondary N) is 1. The lowest BCUT2D eigenvalue weighted by Crippen LogP contribution is -2.24. The van der Waals surface area contributed by atoms with E-state index in [1.54, 1.807) is 24.3 Å². The molecule has 0 aliphatic rings. The molecular formula is C16H15FN2O2. The lowest BCUT2D eigenvalue weighted by atomic mass is 10.2. The number of ether oxygens (including phenoxy) is 1. The maximum Gasteiger partial charge on any atom is 0.277 e. The van der Waals surface area contributed by atoms with Crippen LogP contribution in [-0.4, -0.2) is 18.7 Å². The van der Waals surface area contributed by atoms with Crippen LogP contribution in [0.25, 0.3) is 0 Å². The molecule has 0 unspecified atom stereocenters. The van der Waals surface area contributed by atoms with Crippen molar-refractivity contribution in [2.45, 2.75) is 6.92 Å². The molecule has 1 N–H and O–H groups in total. The van der Waals surface area contributed by atoms with Crippen LogP contribution in [0, 0.1) is 12.7 Å². The van der Waals surface area contributed by atoms with E-state index in [-0.39, 0.29) is 18.3 Å². The summed E-state index contributed by atoms with van der Waals surface area (Å²) in [6, 6.07) is 13.3. The number of rotatable bonds is 5. The second-order valence-electron chi connectivity index (χ2n) is 4.45. The molecule has 4 nitrogen and oxygen atoms in total. The van der Waals surface area contributed by atoms with Gasteiger partial charge in [-0.1, -0.05) is 29.8 Å². The van der Waals surface area contributed by atoms with Crippen LogP contribution in [0.4, 0.5) is 4.39 Å². The summed E-state index contributed by atoms with van der Waals surface area (Å²) in [6.07, 6.45) is 1.37. The molecule has 0 aliphatic carbocycles. The molecule has 0 aromatic heterocycles. The lowest BCUT2D eigenvalue weighted by molar-refractivity contribution is -0.123. The summed E-state index contributed by atoms with van der Waals surface area (Å²) >= 11 is 0. The fraction of sp³-hybridized carbons (Fsp3) is 0.125. The van der Waals surface area contributed by atoms with E-state index in [2.05, 4.69) is 10.5 Å². The average Bonchev–Trinajstić information content (AvgIpc) is 2.47. The minimum absolute atomic E-state index is 0.135. The van der Waals surface area contributed by atoms with Crippen LogP contribution >= 0.6 is 0 Å². The highest BCUT2D eigenvalue weighted by Gasteiger charge is 2.01. The molecule has 0 saturated heterocycles. The number of benzene rings is 2. The fourth-order valence-corrected chi connectivity index (χ4v) is 1.58. The molecule has 2 rings (SSSR count). The number of hydrazone groups is 1. The first-order chi connectivity index (χ1) is 10.1. The Bertz CT molecular complexity index is 639. The molecule has 5 heteroatoms. The number of amides is 1. The molecular weight excluding hydrogens is 271 g/mol. The van der Waals surface area contributed by atoms with Crippen LogP contribution in [0.3, 0.4) is 0 Å². The predicted octanol–water partition coefficient (Wildman–Crippen LogP) is 2.66. The smallest absolute Gasteiger partial charge is 0.277 e. The number of carbonyl (C=O) groups excluding carboxylic acids is 1. The third-order valence-corrected chi connectivity index (χ3v) is 2.64. The van der Waals surface area contributed by atoms with E-state index in [1.165, 1.54) is 18.3 Å². The first-order valence-electron chi connectivity index (χ1n) is 6.40. The minimum Gasteiger partial charge on any atom is -0.484 e. The number of carbonyl (C=O) groups is 1. The van der Waals surface area contributed by atoms with E-state index >= 15 is 0 Å². The molecule has 0 fully saturated rings. The molecule has 0 spiro atoms. The average molecular weight is 286 g/mol. The maximum atomic E-state index is 12.9. The number of aryl methyl sites for hydroxylation is 1. The standard InChI is InChI=1S/C16H15FN2O2/c1-12-5-7-15(8-6-12)21-11-16(20)19-18-10-13-3-2-4-14(17)9-13/h2-10H,11H2,1H3,(H,19,20)/b18-10+. The van der Waals surface area contributed by atoms with E-state index in [0.717, 1.165) is 5.56 Å². The highest BCUT2D eigenvalue weighted by molar-refractivity contribution is 5.82. The van der Waals surface area contributed by atoms with Crippen molar-refractivity contribution in [3.63, 3.8) is 0 Å². The van der Waals surface area contributed by atoms with Crippen molar-refractivity contribution in [2.75, 3.05) is 6.61 Å². The van der Waals surface area contributed by atoms with Gasteiger partial charge in [-0.2, -0.15) is 5.10 Å². The Balaban J connectivity index is 1.78. The van der Waals surface area contributed by atoms with Crippen LogP contribution in [0.1, 0.15) is 11.1 Å². The third-order valence-electron chi connectivity index (χ3n) is 2.64. The maximum absolute atomic E-state index is 12.9. The van der Waals surface area contributed by atoms with E-state index in [9.17, 15) is 9.18 Å². The summed E-state index contributed by atoms with van der Waals surface area (Å²) in [7, 11) is 0. The third kappa shape index (κ3) is 5.06. The van der Waals surface area contributed by atoms with Gasteiger partial charge < -0.3 is 4.74 Å². The van der Waals surface area contributed by atoms with Gasteiger partial charge in [0.1, 0.15) is 11.6 Å². The van der Waals surface area contributed by atoms with Crippen LogP contribution in [-0.2, 0) is 4.79 Å². The number of hydrogen-bond donors (Lipinski definition) is 1. The van der Waals surface area contributed by atoms with Crippen LogP contribution < -0.4 is 10.2 Å². The molecule has 108 valence electrons. The van der Waals surface area contributed by atoms with Crippen molar-refractivity contribution in [2.24, 2.45) is 5.10 Å². The second-order valence-corrected chi connectivity index (χ2v) is 4.45. The van der Waals surface area contributed by atoms with Gasteiger partial charge in [-0.15, -0.1) is 0 Å². The van der Waals surface area contributed by atoms with E-state index in [1.807, 2.05) is 19.1 Å². The largest absolute Gasteiger partial charge is 0.484 e. The Morgan fingerprint density at radius 2 is 2.05 bits per heavy atom. The molecule has 0 heterocycles. The predicted molar refractivity (Wildman–Crippen MR) is 78.8 cm³/mol. The Morgan fingerprint density at radius 3 is 2.76 bits per heavy atom. The molecule has 1 amide bonds. The summed E-state index contributed by atoms with van der Waals surface area (Å²) in [4.78, 5) is 11.5. The van der Waals surface area contributed by atoms with E-state index in [0.29, 0.717) is 11.3 Å². The SMILES string of the molecule is Cc1ccc(OCC(=O)N/N=C/c2cccc(F)c2)cc1. The normalized spacial score (nSPS) is 10.6. The van der Waals surface area contributed by atoms with Gasteiger partial charge in [-0.3, -0.25) is 4.79 Å². The van der Waals surface area contributed by atoms with Crippen molar-refractivity contribution in [3.05, 3.63) is 65.5 Å². The van der Waals surface area contributed by atoms with Gasteiger partial charge in [0.15, 0.2) is 6.61 Å². The topological polar surface area (TPSA) is 50.7 Å². The quantitative estimate of drug-likeness (QED) is 0.678. The van der Waals surface area contributed by atoms with Gasteiger partial charge in [0.05, 0.1) is 6.21 Å². The van der Waals surface area contributed by atoms with Gasteiger partial charge in [0.2, 0.25) is 0 Å². The van der Waals surface area contributed by atoms with Crippen molar-refractivity contribution in [1.29, 1.82) is 0 Å². The molecule has 0 saturated carbocycles. The highest BCUT2D eigenvalue weighted by atomic mass is 19.1. The zero-order valence-electron chi connectivity index (χ0n) is 11.5. The molecule has 0 aliphatic heterocycles. The Labute approximate surface area is 122 Å². The fourth-order valence-electron chi connectivity index (χ4n) is 1.58. The van der Waals surface area contributed by atoms with Gasteiger partial charge in [-0.25, -0.2) is 9.82 Å². The van der Waals surface area contributed by atoms with Crippen molar-refractivity contribution >= 4 is 12.1 Å². The van der Waals surface area contributed by atoms with Crippen molar-refractivity contribution in [1.82, 2.24) is 5.43 Å².